The van der Waals surface area contributed by atoms with Crippen LogP contribution in [0.2, 0.25) is 0 Å². The summed E-state index contributed by atoms with van der Waals surface area (Å²) in [4.78, 5) is 17.0. The maximum Gasteiger partial charge on any atom is 0.323 e. The SMILES string of the molecule is Cn1nccc1-c1cc(N)ccc1OCCN1CCC1.Cn1nccc1-c1cc(NC(=O)Nc2ccc(F)cc2F)ccc1OCCN1CCC1. The number of nitrogens with one attached hydrogen (secondary N) is 2. The van der Waals surface area contributed by atoms with Gasteiger partial charge in [-0.2, -0.15) is 10.2 Å². The number of urea groups is 1. The lowest BCUT2D eigenvalue weighted by Crippen LogP contribution is -2.39. The van der Waals surface area contributed by atoms with Crippen molar-refractivity contribution in [3.05, 3.63) is 90.8 Å². The van der Waals surface area contributed by atoms with E-state index in [1.165, 1.54) is 32.0 Å². The maximum absolute atomic E-state index is 13.8. The molecule has 2 saturated heterocycles. The largest absolute Gasteiger partial charge is 0.492 e. The van der Waals surface area contributed by atoms with Crippen LogP contribution in [0, 0.1) is 11.6 Å². The van der Waals surface area contributed by atoms with E-state index in [4.69, 9.17) is 15.2 Å². The Balaban J connectivity index is 0.000000193. The monoisotopic (exact) mass is 699 g/mol. The summed E-state index contributed by atoms with van der Waals surface area (Å²) in [6, 6.07) is 17.2. The van der Waals surface area contributed by atoms with Gasteiger partial charge >= 0.3 is 6.03 Å². The molecular weight excluding hydrogens is 656 g/mol. The number of benzene rings is 3. The summed E-state index contributed by atoms with van der Waals surface area (Å²) < 4.78 is 42.3. The van der Waals surface area contributed by atoms with Crippen molar-refractivity contribution in [2.24, 2.45) is 14.1 Å². The van der Waals surface area contributed by atoms with Crippen LogP contribution in [0.25, 0.3) is 22.5 Å². The second-order valence-corrected chi connectivity index (χ2v) is 12.4. The Bertz CT molecular complexity index is 1940. The Labute approximate surface area is 295 Å². The van der Waals surface area contributed by atoms with Gasteiger partial charge in [0.05, 0.1) is 17.1 Å². The van der Waals surface area contributed by atoms with E-state index < -0.39 is 17.7 Å². The van der Waals surface area contributed by atoms with Gasteiger partial charge in [-0.15, -0.1) is 0 Å². The molecule has 7 rings (SSSR count). The van der Waals surface area contributed by atoms with Crippen LogP contribution in [0.4, 0.5) is 30.6 Å². The number of amides is 2. The van der Waals surface area contributed by atoms with Crippen molar-refractivity contribution < 1.29 is 23.0 Å². The Hall–Kier alpha value is -5.47. The number of carbonyl (C=O) groups is 1. The molecule has 268 valence electrons. The quantitative estimate of drug-likeness (QED) is 0.139. The minimum Gasteiger partial charge on any atom is -0.492 e. The van der Waals surface area contributed by atoms with Gasteiger partial charge in [-0.3, -0.25) is 19.2 Å². The summed E-state index contributed by atoms with van der Waals surface area (Å²) in [5.41, 5.74) is 10.6. The van der Waals surface area contributed by atoms with E-state index in [0.29, 0.717) is 30.7 Å². The Kier molecular flexibility index (Phi) is 11.4. The first-order valence-corrected chi connectivity index (χ1v) is 17.0. The van der Waals surface area contributed by atoms with Crippen molar-refractivity contribution in [1.82, 2.24) is 29.4 Å². The number of halogens is 2. The summed E-state index contributed by atoms with van der Waals surface area (Å²) in [7, 11) is 3.74. The Morgan fingerprint density at radius 2 is 1.31 bits per heavy atom. The number of nitrogens with zero attached hydrogens (tertiary/aromatic N) is 6. The Morgan fingerprint density at radius 1 is 0.745 bits per heavy atom. The van der Waals surface area contributed by atoms with E-state index in [-0.39, 0.29) is 5.69 Å². The van der Waals surface area contributed by atoms with E-state index in [1.54, 1.807) is 35.3 Å². The molecule has 2 aromatic heterocycles. The smallest absolute Gasteiger partial charge is 0.323 e. The number of hydrogen-bond acceptors (Lipinski definition) is 8. The van der Waals surface area contributed by atoms with Crippen LogP contribution >= 0.6 is 0 Å². The molecule has 3 aromatic carbocycles. The molecule has 2 fully saturated rings. The molecule has 12 nitrogen and oxygen atoms in total. The molecule has 2 aliphatic rings. The predicted octanol–water partition coefficient (Wildman–Crippen LogP) is 5.85. The van der Waals surface area contributed by atoms with Gasteiger partial charge < -0.3 is 25.8 Å². The van der Waals surface area contributed by atoms with Gasteiger partial charge in [-0.05, 0) is 99.7 Å². The van der Waals surface area contributed by atoms with Crippen LogP contribution in [-0.2, 0) is 14.1 Å². The van der Waals surface area contributed by atoms with E-state index >= 15 is 0 Å². The molecule has 0 unspecified atom stereocenters. The van der Waals surface area contributed by atoms with Gasteiger partial charge in [-0.25, -0.2) is 13.6 Å². The number of aryl methyl sites for hydroxylation is 2. The van der Waals surface area contributed by atoms with Crippen LogP contribution in [-0.4, -0.2) is 87.9 Å². The molecule has 2 amide bonds. The molecule has 51 heavy (non-hydrogen) atoms. The fraction of sp³-hybridized carbons (Fsp3) is 0.324. The highest BCUT2D eigenvalue weighted by Crippen LogP contribution is 2.33. The third-order valence-electron chi connectivity index (χ3n) is 8.84. The fourth-order valence-electron chi connectivity index (χ4n) is 5.74. The summed E-state index contributed by atoms with van der Waals surface area (Å²) in [5.74, 6) is -0.0198. The number of hydrogen-bond donors (Lipinski definition) is 3. The number of aromatic nitrogens is 4. The third-order valence-corrected chi connectivity index (χ3v) is 8.84. The molecule has 0 atom stereocenters. The molecule has 4 N–H and O–H groups in total. The van der Waals surface area contributed by atoms with Crippen molar-refractivity contribution in [1.29, 1.82) is 0 Å². The zero-order valence-electron chi connectivity index (χ0n) is 28.8. The maximum atomic E-state index is 13.8. The van der Waals surface area contributed by atoms with Gasteiger partial charge in [0, 0.05) is 68.1 Å². The molecular formula is C37H43F2N9O3. The number of carbonyl (C=O) groups excluding carboxylic acids is 1. The fourth-order valence-corrected chi connectivity index (χ4v) is 5.74. The van der Waals surface area contributed by atoms with E-state index in [1.807, 2.05) is 49.1 Å². The average molecular weight is 700 g/mol. The highest BCUT2D eigenvalue weighted by molar-refractivity contribution is 6.00. The van der Waals surface area contributed by atoms with E-state index in [2.05, 4.69) is 30.6 Å². The van der Waals surface area contributed by atoms with Crippen molar-refractivity contribution in [3.63, 3.8) is 0 Å². The molecule has 0 saturated carbocycles. The molecule has 0 bridgehead atoms. The molecule has 5 aromatic rings. The third kappa shape index (κ3) is 9.21. The van der Waals surface area contributed by atoms with Crippen LogP contribution in [0.5, 0.6) is 11.5 Å². The van der Waals surface area contributed by atoms with Crippen molar-refractivity contribution >= 4 is 23.1 Å². The van der Waals surface area contributed by atoms with E-state index in [0.717, 1.165) is 66.2 Å². The highest BCUT2D eigenvalue weighted by Gasteiger charge is 2.17. The first-order valence-electron chi connectivity index (χ1n) is 17.0. The number of ether oxygens (including phenoxy) is 2. The molecule has 0 aliphatic carbocycles. The predicted molar refractivity (Wildman–Crippen MR) is 194 cm³/mol. The Morgan fingerprint density at radius 3 is 1.82 bits per heavy atom. The molecule has 0 radical (unpaired) electrons. The van der Waals surface area contributed by atoms with Gasteiger partial charge in [0.2, 0.25) is 0 Å². The number of anilines is 3. The highest BCUT2D eigenvalue weighted by atomic mass is 19.1. The zero-order valence-corrected chi connectivity index (χ0v) is 28.8. The number of nitrogen functional groups attached to an aromatic ring is 1. The normalized spacial score (nSPS) is 14.1. The van der Waals surface area contributed by atoms with Gasteiger partial charge in [0.15, 0.2) is 0 Å². The van der Waals surface area contributed by atoms with Crippen LogP contribution < -0.4 is 25.8 Å². The van der Waals surface area contributed by atoms with Crippen molar-refractivity contribution in [2.75, 3.05) is 68.8 Å². The lowest BCUT2D eigenvalue weighted by molar-refractivity contribution is 0.147. The first kappa shape index (κ1) is 35.4. The zero-order chi connectivity index (χ0) is 35.7. The summed E-state index contributed by atoms with van der Waals surface area (Å²) in [6.45, 7) is 7.69. The lowest BCUT2D eigenvalue weighted by atomic mass is 10.1. The van der Waals surface area contributed by atoms with Crippen LogP contribution in [0.1, 0.15) is 12.8 Å². The minimum absolute atomic E-state index is 0.114. The number of likely N-dealkylation sites (tertiary alicyclic amines) is 2. The standard InChI is InChI=1S/C22H23F2N5O2.C15H20N4O/c1-28-20(7-8-25-28)17-14-16(4-6-21(17)31-12-11-29-9-2-10-29)26-22(30)27-19-5-3-15(23)13-18(19)24;1-18-14(5-6-17-18)13-11-12(16)3-4-15(13)20-10-9-19-7-2-8-19/h3-8,13-14H,2,9-12H2,1H3,(H2,26,27,30);3-6,11H,2,7-10,16H2,1H3. The van der Waals surface area contributed by atoms with E-state index in [9.17, 15) is 13.6 Å². The molecule has 2 aliphatic heterocycles. The number of nitrogens with two attached hydrogens (primary N) is 1. The lowest BCUT2D eigenvalue weighted by Gasteiger charge is -2.30. The topological polar surface area (TPSA) is 128 Å². The molecule has 0 spiro atoms. The summed E-state index contributed by atoms with van der Waals surface area (Å²) >= 11 is 0. The van der Waals surface area contributed by atoms with Crippen LogP contribution in [0.15, 0.2) is 79.1 Å². The van der Waals surface area contributed by atoms with Gasteiger partial charge in [0.1, 0.15) is 36.3 Å². The van der Waals surface area contributed by atoms with Gasteiger partial charge in [-0.1, -0.05) is 0 Å². The number of rotatable bonds is 12. The summed E-state index contributed by atoms with van der Waals surface area (Å²) in [5, 5.41) is 13.5. The van der Waals surface area contributed by atoms with Crippen molar-refractivity contribution in [2.45, 2.75) is 12.8 Å². The first-order chi connectivity index (χ1) is 24.7. The van der Waals surface area contributed by atoms with Gasteiger partial charge in [0.25, 0.3) is 0 Å². The second kappa shape index (κ2) is 16.5. The molecule has 4 heterocycles. The minimum atomic E-state index is -0.850. The molecule has 14 heteroatoms. The second-order valence-electron chi connectivity index (χ2n) is 12.4. The average Bonchev–Trinajstić information content (AvgIpc) is 3.69. The van der Waals surface area contributed by atoms with Crippen LogP contribution in [0.3, 0.4) is 0 Å². The summed E-state index contributed by atoms with van der Waals surface area (Å²) in [6.07, 6.45) is 6.00. The van der Waals surface area contributed by atoms with Crippen molar-refractivity contribution in [3.8, 4) is 34.0 Å².